The number of hydrogen-bond acceptors (Lipinski definition) is 4. The Bertz CT molecular complexity index is 679. The van der Waals surface area contributed by atoms with Crippen LogP contribution in [-0.2, 0) is 6.54 Å². The third-order valence-corrected chi connectivity index (χ3v) is 3.55. The van der Waals surface area contributed by atoms with Crippen molar-refractivity contribution in [3.05, 3.63) is 62.4 Å². The number of anilines is 1. The summed E-state index contributed by atoms with van der Waals surface area (Å²) in [5.74, 6) is -0.273. The van der Waals surface area contributed by atoms with Gasteiger partial charge < -0.3 is 10.1 Å². The van der Waals surface area contributed by atoms with Crippen LogP contribution in [0.5, 0.6) is 5.75 Å². The highest BCUT2D eigenvalue weighted by Crippen LogP contribution is 2.28. The third-order valence-electron chi connectivity index (χ3n) is 2.86. The minimum absolute atomic E-state index is 0.0124. The van der Waals surface area contributed by atoms with Crippen LogP contribution >= 0.6 is 15.9 Å². The number of non-ortho nitro benzene ring substituents is 1. The molecule has 0 saturated heterocycles. The topological polar surface area (TPSA) is 64.4 Å². The maximum Gasteiger partial charge on any atom is 0.271 e. The largest absolute Gasteiger partial charge is 0.494 e. The summed E-state index contributed by atoms with van der Waals surface area (Å²) in [5, 5.41) is 13.8. The van der Waals surface area contributed by atoms with Crippen molar-refractivity contribution in [2.45, 2.75) is 6.54 Å². The van der Waals surface area contributed by atoms with Crippen molar-refractivity contribution in [2.24, 2.45) is 0 Å². The van der Waals surface area contributed by atoms with Crippen LogP contribution in [0.25, 0.3) is 0 Å². The first-order valence-corrected chi connectivity index (χ1v) is 6.81. The summed E-state index contributed by atoms with van der Waals surface area (Å²) in [6, 6.07) is 9.04. The first-order valence-electron chi connectivity index (χ1n) is 6.01. The lowest BCUT2D eigenvalue weighted by atomic mass is 10.2. The molecule has 0 unspecified atom stereocenters. The van der Waals surface area contributed by atoms with E-state index in [0.717, 1.165) is 0 Å². The predicted molar refractivity (Wildman–Crippen MR) is 81.1 cm³/mol. The highest BCUT2D eigenvalue weighted by molar-refractivity contribution is 9.10. The molecular formula is C14H12BrFN2O3. The molecule has 2 aromatic carbocycles. The molecule has 21 heavy (non-hydrogen) atoms. The average Bonchev–Trinajstić information content (AvgIpc) is 2.46. The van der Waals surface area contributed by atoms with Crippen molar-refractivity contribution in [3.8, 4) is 5.75 Å². The first-order chi connectivity index (χ1) is 10.0. The number of benzene rings is 2. The zero-order valence-electron chi connectivity index (χ0n) is 11.1. The van der Waals surface area contributed by atoms with Crippen LogP contribution < -0.4 is 10.1 Å². The number of hydrogen-bond donors (Lipinski definition) is 1. The van der Waals surface area contributed by atoms with Crippen molar-refractivity contribution >= 4 is 27.3 Å². The van der Waals surface area contributed by atoms with Crippen LogP contribution in [0.4, 0.5) is 15.8 Å². The van der Waals surface area contributed by atoms with Crippen molar-refractivity contribution in [1.29, 1.82) is 0 Å². The molecule has 0 aliphatic carbocycles. The lowest BCUT2D eigenvalue weighted by Gasteiger charge is -2.09. The van der Waals surface area contributed by atoms with Gasteiger partial charge in [-0.3, -0.25) is 10.1 Å². The van der Waals surface area contributed by atoms with Gasteiger partial charge in [0.2, 0.25) is 0 Å². The van der Waals surface area contributed by atoms with Gasteiger partial charge in [0.05, 0.1) is 17.7 Å². The lowest BCUT2D eigenvalue weighted by molar-refractivity contribution is -0.384. The molecule has 0 saturated carbocycles. The fourth-order valence-corrected chi connectivity index (χ4v) is 2.17. The molecule has 0 bridgehead atoms. The number of ether oxygens (including phenoxy) is 1. The summed E-state index contributed by atoms with van der Waals surface area (Å²) in [4.78, 5) is 10.3. The second-order valence-electron chi connectivity index (χ2n) is 4.24. The van der Waals surface area contributed by atoms with Gasteiger partial charge in [-0.2, -0.15) is 0 Å². The molecule has 0 atom stereocenters. The molecule has 0 aliphatic heterocycles. The molecule has 0 aliphatic rings. The SMILES string of the molecule is COc1ccc(CNc2cc([N+](=O)[O-])ccc2Br)cc1F. The van der Waals surface area contributed by atoms with Gasteiger partial charge in [0.1, 0.15) is 0 Å². The summed E-state index contributed by atoms with van der Waals surface area (Å²) in [6.45, 7) is 0.334. The lowest BCUT2D eigenvalue weighted by Crippen LogP contribution is -2.02. The second kappa shape index (κ2) is 6.53. The Kier molecular flexibility index (Phi) is 4.74. The smallest absolute Gasteiger partial charge is 0.271 e. The number of halogens is 2. The summed E-state index contributed by atoms with van der Waals surface area (Å²) < 4.78 is 19.1. The molecule has 0 aromatic heterocycles. The molecule has 2 aromatic rings. The molecule has 0 heterocycles. The van der Waals surface area contributed by atoms with E-state index in [0.29, 0.717) is 22.3 Å². The van der Waals surface area contributed by atoms with E-state index in [-0.39, 0.29) is 11.4 Å². The zero-order chi connectivity index (χ0) is 15.4. The summed E-state index contributed by atoms with van der Waals surface area (Å²) in [6.07, 6.45) is 0. The average molecular weight is 355 g/mol. The van der Waals surface area contributed by atoms with Crippen molar-refractivity contribution in [2.75, 3.05) is 12.4 Å². The number of rotatable bonds is 5. The molecule has 0 amide bonds. The molecule has 0 radical (unpaired) electrons. The van der Waals surface area contributed by atoms with Crippen LogP contribution in [0, 0.1) is 15.9 Å². The zero-order valence-corrected chi connectivity index (χ0v) is 12.7. The van der Waals surface area contributed by atoms with Gasteiger partial charge in [0.15, 0.2) is 11.6 Å². The van der Waals surface area contributed by atoms with Crippen LogP contribution in [0.1, 0.15) is 5.56 Å². The molecule has 1 N–H and O–H groups in total. The quantitative estimate of drug-likeness (QED) is 0.647. The van der Waals surface area contributed by atoms with Crippen LogP contribution in [0.15, 0.2) is 40.9 Å². The molecular weight excluding hydrogens is 343 g/mol. The predicted octanol–water partition coefficient (Wildman–Crippen LogP) is 4.12. The van der Waals surface area contributed by atoms with Crippen molar-refractivity contribution < 1.29 is 14.1 Å². The Balaban J connectivity index is 2.14. The Morgan fingerprint density at radius 1 is 1.33 bits per heavy atom. The first kappa shape index (κ1) is 15.2. The fourth-order valence-electron chi connectivity index (χ4n) is 1.78. The minimum atomic E-state index is -0.468. The second-order valence-corrected chi connectivity index (χ2v) is 5.10. The molecule has 7 heteroatoms. The monoisotopic (exact) mass is 354 g/mol. The Hall–Kier alpha value is -2.15. The van der Waals surface area contributed by atoms with Crippen LogP contribution in [0.2, 0.25) is 0 Å². The summed E-state index contributed by atoms with van der Waals surface area (Å²) >= 11 is 3.31. The van der Waals surface area contributed by atoms with E-state index < -0.39 is 10.7 Å². The summed E-state index contributed by atoms with van der Waals surface area (Å²) in [7, 11) is 1.40. The van der Waals surface area contributed by atoms with E-state index in [1.54, 1.807) is 12.1 Å². The number of nitrogens with zero attached hydrogens (tertiary/aromatic N) is 1. The van der Waals surface area contributed by atoms with E-state index in [4.69, 9.17) is 4.74 Å². The van der Waals surface area contributed by atoms with Crippen molar-refractivity contribution in [3.63, 3.8) is 0 Å². The maximum atomic E-state index is 13.6. The Morgan fingerprint density at radius 2 is 2.10 bits per heavy atom. The number of nitrogens with one attached hydrogen (secondary N) is 1. The number of methoxy groups -OCH3 is 1. The van der Waals surface area contributed by atoms with Gasteiger partial charge in [-0.15, -0.1) is 0 Å². The third kappa shape index (κ3) is 3.69. The summed E-state index contributed by atoms with van der Waals surface area (Å²) in [5.41, 5.74) is 1.26. The van der Waals surface area contributed by atoms with Gasteiger partial charge in [-0.05, 0) is 39.7 Å². The van der Waals surface area contributed by atoms with Gasteiger partial charge in [0, 0.05) is 23.2 Å². The normalized spacial score (nSPS) is 10.2. The molecule has 0 fully saturated rings. The standard InChI is InChI=1S/C14H12BrFN2O3/c1-21-14-5-2-9(6-12(14)16)8-17-13-7-10(18(19)20)3-4-11(13)15/h2-7,17H,8H2,1H3. The Morgan fingerprint density at radius 3 is 2.71 bits per heavy atom. The van der Waals surface area contributed by atoms with Gasteiger partial charge >= 0.3 is 0 Å². The fraction of sp³-hybridized carbons (Fsp3) is 0.143. The molecule has 2 rings (SSSR count). The van der Waals surface area contributed by atoms with E-state index in [1.807, 2.05) is 0 Å². The van der Waals surface area contributed by atoms with Gasteiger partial charge in [-0.1, -0.05) is 6.07 Å². The van der Waals surface area contributed by atoms with Gasteiger partial charge in [-0.25, -0.2) is 4.39 Å². The van der Waals surface area contributed by atoms with Crippen LogP contribution in [0.3, 0.4) is 0 Å². The Labute approximate surface area is 129 Å². The molecule has 110 valence electrons. The highest BCUT2D eigenvalue weighted by Gasteiger charge is 2.10. The van der Waals surface area contributed by atoms with Crippen LogP contribution in [-0.4, -0.2) is 12.0 Å². The minimum Gasteiger partial charge on any atom is -0.494 e. The van der Waals surface area contributed by atoms with E-state index in [9.17, 15) is 14.5 Å². The van der Waals surface area contributed by atoms with Gasteiger partial charge in [0.25, 0.3) is 5.69 Å². The number of nitro groups is 1. The molecule has 0 spiro atoms. The highest BCUT2D eigenvalue weighted by atomic mass is 79.9. The molecule has 5 nitrogen and oxygen atoms in total. The number of nitro benzene ring substituents is 1. The maximum absolute atomic E-state index is 13.6. The van der Waals surface area contributed by atoms with E-state index in [1.165, 1.54) is 31.4 Å². The van der Waals surface area contributed by atoms with Crippen molar-refractivity contribution in [1.82, 2.24) is 0 Å². The van der Waals surface area contributed by atoms with E-state index >= 15 is 0 Å². The van der Waals surface area contributed by atoms with E-state index in [2.05, 4.69) is 21.2 Å².